The molecule has 0 amide bonds. The van der Waals surface area contributed by atoms with Gasteiger partial charge in [0.1, 0.15) is 55.0 Å². The van der Waals surface area contributed by atoms with E-state index in [1.165, 1.54) is 60.8 Å². The minimum Gasteiger partial charge on any atom is -0.493 e. The van der Waals surface area contributed by atoms with Crippen molar-refractivity contribution in [2.45, 2.75) is 99.8 Å². The highest BCUT2D eigenvalue weighted by atomic mass is 16.6. The highest BCUT2D eigenvalue weighted by molar-refractivity contribution is 5.45. The number of benzene rings is 4. The van der Waals surface area contributed by atoms with Gasteiger partial charge in [0, 0.05) is 17.3 Å². The first-order chi connectivity index (χ1) is 26.1. The normalized spacial score (nSPS) is 22.0. The lowest BCUT2D eigenvalue weighted by Gasteiger charge is -2.39. The number of ether oxygens (including phenoxy) is 6. The van der Waals surface area contributed by atoms with Crippen LogP contribution in [0.2, 0.25) is 0 Å². The van der Waals surface area contributed by atoms with Crippen LogP contribution in [-0.2, 0) is 20.3 Å². The maximum absolute atomic E-state index is 10.8. The van der Waals surface area contributed by atoms with Gasteiger partial charge in [0.05, 0.1) is 25.9 Å². The molecule has 280 valence electrons. The van der Waals surface area contributed by atoms with Crippen LogP contribution in [0.4, 0.5) is 0 Å². The predicted octanol–water partition coefficient (Wildman–Crippen LogP) is 8.95. The first-order valence-electron chi connectivity index (χ1n) is 19.9. The van der Waals surface area contributed by atoms with Gasteiger partial charge in [0.2, 0.25) is 0 Å². The van der Waals surface area contributed by atoms with Gasteiger partial charge in [0.15, 0.2) is 0 Å². The minimum atomic E-state index is -0.625. The molecule has 53 heavy (non-hydrogen) atoms. The molecule has 0 spiro atoms. The second-order valence-corrected chi connectivity index (χ2v) is 15.5. The fourth-order valence-electron chi connectivity index (χ4n) is 8.57. The monoisotopic (exact) mass is 718 g/mol. The molecule has 0 bridgehead atoms. The number of aliphatic hydroxyl groups is 1. The third-order valence-electron chi connectivity index (χ3n) is 11.9. The lowest BCUT2D eigenvalue weighted by atomic mass is 9.65. The van der Waals surface area contributed by atoms with Crippen molar-refractivity contribution in [3.8, 4) is 23.0 Å². The van der Waals surface area contributed by atoms with E-state index in [1.807, 2.05) is 0 Å². The summed E-state index contributed by atoms with van der Waals surface area (Å²) in [5, 5.41) is 10.8. The Labute approximate surface area is 314 Å². The molecule has 4 aromatic carbocycles. The Morgan fingerprint density at radius 2 is 0.830 bits per heavy atom. The molecule has 0 aromatic heterocycles. The fourth-order valence-corrected chi connectivity index (χ4v) is 8.57. The van der Waals surface area contributed by atoms with Crippen LogP contribution in [0.1, 0.15) is 92.9 Å². The zero-order valence-electron chi connectivity index (χ0n) is 30.9. The van der Waals surface area contributed by atoms with Crippen molar-refractivity contribution in [2.24, 2.45) is 0 Å². The van der Waals surface area contributed by atoms with E-state index in [0.717, 1.165) is 61.9 Å². The van der Waals surface area contributed by atoms with E-state index in [0.29, 0.717) is 26.2 Å². The van der Waals surface area contributed by atoms with Gasteiger partial charge in [-0.1, -0.05) is 87.1 Å². The summed E-state index contributed by atoms with van der Waals surface area (Å²) in [6, 6.07) is 34.5. The molecule has 8 rings (SSSR count). The molecule has 4 aliphatic rings. The van der Waals surface area contributed by atoms with Gasteiger partial charge in [-0.25, -0.2) is 0 Å². The van der Waals surface area contributed by atoms with Gasteiger partial charge >= 0.3 is 0 Å². The Kier molecular flexibility index (Phi) is 11.2. The molecule has 1 N–H and O–H groups in total. The molecule has 7 heteroatoms. The lowest BCUT2D eigenvalue weighted by Crippen LogP contribution is -2.30. The summed E-state index contributed by atoms with van der Waals surface area (Å²) in [4.78, 5) is 0. The Bertz CT molecular complexity index is 1720. The van der Waals surface area contributed by atoms with Crippen molar-refractivity contribution in [1.82, 2.24) is 0 Å². The standard InChI is InChI=1S/C46H54O7/c47-38(29-49-40-17-9-35(10-18-40)46(26-5-2-6-27-46)37-13-21-42(22-14-37)51-31-44-33-53-44)23-28-48-39-15-7-34(8-16-39)45(24-3-1-4-25-45)36-11-19-41(20-12-36)50-30-43-32-52-43/h7-22,38,43-44,47H,1-6,23-33H2. The molecule has 3 unspecified atom stereocenters. The zero-order chi connectivity index (χ0) is 35.9. The average Bonchev–Trinajstić information content (AvgIpc) is 4.17. The molecule has 7 nitrogen and oxygen atoms in total. The van der Waals surface area contributed by atoms with Crippen LogP contribution >= 0.6 is 0 Å². The van der Waals surface area contributed by atoms with E-state index in [4.69, 9.17) is 28.4 Å². The van der Waals surface area contributed by atoms with Gasteiger partial charge in [-0.3, -0.25) is 0 Å². The Morgan fingerprint density at radius 1 is 0.491 bits per heavy atom. The van der Waals surface area contributed by atoms with Crippen molar-refractivity contribution in [2.75, 3.05) is 39.6 Å². The first kappa shape index (κ1) is 36.0. The Balaban J connectivity index is 0.822. The average molecular weight is 719 g/mol. The molecule has 2 saturated carbocycles. The largest absolute Gasteiger partial charge is 0.493 e. The van der Waals surface area contributed by atoms with Crippen LogP contribution in [0.5, 0.6) is 23.0 Å². The number of hydrogen-bond acceptors (Lipinski definition) is 7. The third-order valence-corrected chi connectivity index (χ3v) is 11.9. The minimum absolute atomic E-state index is 0.00379. The fraction of sp³-hybridized carbons (Fsp3) is 0.478. The molecule has 0 radical (unpaired) electrons. The second-order valence-electron chi connectivity index (χ2n) is 15.5. The topological polar surface area (TPSA) is 82.2 Å². The highest BCUT2D eigenvalue weighted by Gasteiger charge is 2.37. The van der Waals surface area contributed by atoms with Crippen LogP contribution in [0.25, 0.3) is 0 Å². The summed E-state index contributed by atoms with van der Waals surface area (Å²) in [6.45, 7) is 3.49. The van der Waals surface area contributed by atoms with Crippen LogP contribution in [0.15, 0.2) is 97.1 Å². The molecule has 2 saturated heterocycles. The molecule has 3 atom stereocenters. The van der Waals surface area contributed by atoms with E-state index in [-0.39, 0.29) is 29.6 Å². The SMILES string of the molecule is OC(CCOc1ccc(C2(c3ccc(OCC4CO4)cc3)CCCCC2)cc1)COc1ccc(C2(c3ccc(OCC4CO4)cc3)CCCCC2)cc1. The van der Waals surface area contributed by atoms with Crippen molar-refractivity contribution in [1.29, 1.82) is 0 Å². The van der Waals surface area contributed by atoms with E-state index in [2.05, 4.69) is 97.1 Å². The maximum atomic E-state index is 10.8. The van der Waals surface area contributed by atoms with Crippen molar-refractivity contribution >= 4 is 0 Å². The predicted molar refractivity (Wildman–Crippen MR) is 206 cm³/mol. The van der Waals surface area contributed by atoms with Crippen molar-refractivity contribution in [3.63, 3.8) is 0 Å². The molecule has 4 fully saturated rings. The summed E-state index contributed by atoms with van der Waals surface area (Å²) < 4.78 is 34.5. The van der Waals surface area contributed by atoms with Crippen LogP contribution in [0.3, 0.4) is 0 Å². The van der Waals surface area contributed by atoms with Crippen LogP contribution in [0, 0.1) is 0 Å². The quantitative estimate of drug-likeness (QED) is 0.109. The van der Waals surface area contributed by atoms with Gasteiger partial charge in [-0.2, -0.15) is 0 Å². The molecular formula is C46H54O7. The third kappa shape index (κ3) is 8.86. The van der Waals surface area contributed by atoms with Gasteiger partial charge < -0.3 is 33.5 Å². The second kappa shape index (κ2) is 16.5. The van der Waals surface area contributed by atoms with Gasteiger partial charge in [0.25, 0.3) is 0 Å². The molecule has 2 aliphatic carbocycles. The summed E-state index contributed by atoms with van der Waals surface area (Å²) in [7, 11) is 0. The van der Waals surface area contributed by atoms with E-state index < -0.39 is 6.10 Å². The summed E-state index contributed by atoms with van der Waals surface area (Å²) in [6.07, 6.45) is 12.4. The molecule has 4 aromatic rings. The van der Waals surface area contributed by atoms with E-state index in [9.17, 15) is 5.11 Å². The van der Waals surface area contributed by atoms with Gasteiger partial charge in [-0.15, -0.1) is 0 Å². The van der Waals surface area contributed by atoms with Crippen LogP contribution in [-0.4, -0.2) is 63.1 Å². The zero-order valence-corrected chi connectivity index (χ0v) is 30.9. The first-order valence-corrected chi connectivity index (χ1v) is 19.9. The number of hydrogen-bond donors (Lipinski definition) is 1. The number of epoxide rings is 2. The summed E-state index contributed by atoms with van der Waals surface area (Å²) in [5.41, 5.74) is 5.35. The number of rotatable bonds is 17. The lowest BCUT2D eigenvalue weighted by molar-refractivity contribution is 0.0857. The highest BCUT2D eigenvalue weighted by Crippen LogP contribution is 2.47. The Morgan fingerprint density at radius 3 is 1.19 bits per heavy atom. The van der Waals surface area contributed by atoms with E-state index >= 15 is 0 Å². The van der Waals surface area contributed by atoms with Crippen molar-refractivity contribution < 1.29 is 33.5 Å². The smallest absolute Gasteiger partial charge is 0.119 e. The summed E-state index contributed by atoms with van der Waals surface area (Å²) in [5.74, 6) is 3.39. The maximum Gasteiger partial charge on any atom is 0.119 e. The van der Waals surface area contributed by atoms with E-state index in [1.54, 1.807) is 0 Å². The van der Waals surface area contributed by atoms with Crippen LogP contribution < -0.4 is 18.9 Å². The number of aliphatic hydroxyl groups excluding tert-OH is 1. The summed E-state index contributed by atoms with van der Waals surface area (Å²) >= 11 is 0. The van der Waals surface area contributed by atoms with Crippen molar-refractivity contribution in [3.05, 3.63) is 119 Å². The molecule has 2 aliphatic heterocycles. The van der Waals surface area contributed by atoms with Gasteiger partial charge in [-0.05, 0) is 96.5 Å². The Hall–Kier alpha value is -4.04. The molecular weight excluding hydrogens is 664 g/mol. The molecule has 2 heterocycles.